The van der Waals surface area contributed by atoms with Crippen LogP contribution in [0.5, 0.6) is 0 Å². The smallest absolute Gasteiger partial charge is 0.270 e. The van der Waals surface area contributed by atoms with Crippen LogP contribution in [0.1, 0.15) is 65.3 Å². The zero-order valence-electron chi connectivity index (χ0n) is 17.1. The van der Waals surface area contributed by atoms with Gasteiger partial charge >= 0.3 is 0 Å². The molecule has 0 unspecified atom stereocenters. The Morgan fingerprint density at radius 3 is 2.90 bits per heavy atom. The number of nitrogens with one attached hydrogen (secondary N) is 1. The average molecular weight is 402 g/mol. The molecule has 0 aliphatic heterocycles. The summed E-state index contributed by atoms with van der Waals surface area (Å²) in [7, 11) is 0. The van der Waals surface area contributed by atoms with Gasteiger partial charge in [-0.2, -0.15) is 4.98 Å². The van der Waals surface area contributed by atoms with E-state index < -0.39 is 0 Å². The highest BCUT2D eigenvalue weighted by Gasteiger charge is 2.26. The van der Waals surface area contributed by atoms with Gasteiger partial charge in [0, 0.05) is 23.9 Å². The number of amides is 1. The van der Waals surface area contributed by atoms with Crippen molar-refractivity contribution in [3.8, 4) is 11.4 Å². The summed E-state index contributed by atoms with van der Waals surface area (Å²) in [6.07, 6.45) is 6.91. The quantitative estimate of drug-likeness (QED) is 0.560. The lowest BCUT2D eigenvalue weighted by Gasteiger charge is -2.14. The number of hydrogen-bond acceptors (Lipinski definition) is 6. The molecule has 5 rings (SSSR count). The van der Waals surface area contributed by atoms with Gasteiger partial charge in [0.2, 0.25) is 17.5 Å². The van der Waals surface area contributed by atoms with Crippen LogP contribution in [0.4, 0.5) is 0 Å². The number of imidazole rings is 1. The Kier molecular flexibility index (Phi) is 4.34. The zero-order chi connectivity index (χ0) is 20.8. The van der Waals surface area contributed by atoms with Crippen molar-refractivity contribution in [1.82, 2.24) is 29.8 Å². The molecule has 1 aliphatic rings. The number of aromatic nitrogens is 5. The number of hydrogen-bond donors (Lipinski definition) is 1. The van der Waals surface area contributed by atoms with Crippen molar-refractivity contribution in [1.29, 1.82) is 0 Å². The largest absolute Gasteiger partial charge is 0.344 e. The molecule has 0 saturated heterocycles. The number of carbonyl (C=O) groups excluding carboxylic acids is 1. The number of rotatable bonds is 4. The monoisotopic (exact) mass is 402 g/mol. The predicted octanol–water partition coefficient (Wildman–Crippen LogP) is 3.63. The maximum absolute atomic E-state index is 12.9. The molecule has 0 fully saturated rings. The summed E-state index contributed by atoms with van der Waals surface area (Å²) in [6, 6.07) is 6.09. The third-order valence-corrected chi connectivity index (χ3v) is 5.45. The van der Waals surface area contributed by atoms with E-state index in [1.807, 2.05) is 39.1 Å². The molecule has 0 bridgehead atoms. The summed E-state index contributed by atoms with van der Waals surface area (Å²) in [5.74, 6) is 1.79. The van der Waals surface area contributed by atoms with E-state index in [0.29, 0.717) is 23.2 Å². The maximum atomic E-state index is 12.9. The van der Waals surface area contributed by atoms with Crippen LogP contribution in [0.3, 0.4) is 0 Å². The summed E-state index contributed by atoms with van der Waals surface area (Å²) < 4.78 is 7.06. The lowest BCUT2D eigenvalue weighted by molar-refractivity contribution is 0.0930. The first-order chi connectivity index (χ1) is 14.5. The molecule has 1 aliphatic carbocycles. The highest BCUT2D eigenvalue weighted by atomic mass is 16.5. The van der Waals surface area contributed by atoms with Crippen LogP contribution in [0.25, 0.3) is 17.2 Å². The Hall–Kier alpha value is -3.55. The van der Waals surface area contributed by atoms with E-state index in [4.69, 9.17) is 4.52 Å². The number of fused-ring (bicyclic) bond motifs is 2. The number of carbonyl (C=O) groups is 1. The van der Waals surface area contributed by atoms with E-state index in [2.05, 4.69) is 31.5 Å². The normalized spacial score (nSPS) is 15.7. The Bertz CT molecular complexity index is 1260. The van der Waals surface area contributed by atoms with Crippen LogP contribution in [0.15, 0.2) is 41.3 Å². The molecule has 8 nitrogen and oxygen atoms in total. The topological polar surface area (TPSA) is 98.2 Å². The molecule has 30 heavy (non-hydrogen) atoms. The van der Waals surface area contributed by atoms with Gasteiger partial charge in [0.05, 0.1) is 12.2 Å². The molecule has 8 heteroatoms. The van der Waals surface area contributed by atoms with Gasteiger partial charge in [0.15, 0.2) is 0 Å². The fraction of sp³-hybridized carbons (Fsp3) is 0.318. The van der Waals surface area contributed by atoms with Crippen molar-refractivity contribution in [3.63, 3.8) is 0 Å². The number of nitrogens with zero attached hydrogens (tertiary/aromatic N) is 5. The third kappa shape index (κ3) is 3.14. The Balaban J connectivity index is 1.38. The summed E-state index contributed by atoms with van der Waals surface area (Å²) in [5, 5.41) is 7.25. The summed E-state index contributed by atoms with van der Waals surface area (Å²) in [5.41, 5.74) is 4.71. The van der Waals surface area contributed by atoms with Crippen molar-refractivity contribution in [2.45, 2.75) is 45.6 Å². The van der Waals surface area contributed by atoms with Crippen LogP contribution in [0.2, 0.25) is 0 Å². The van der Waals surface area contributed by atoms with E-state index in [1.54, 1.807) is 16.8 Å². The third-order valence-electron chi connectivity index (χ3n) is 5.45. The van der Waals surface area contributed by atoms with Gasteiger partial charge in [0.1, 0.15) is 5.69 Å². The summed E-state index contributed by atoms with van der Waals surface area (Å²) in [4.78, 5) is 25.9. The average Bonchev–Trinajstić information content (AvgIpc) is 3.45. The first kappa shape index (κ1) is 18.5. The standard InChI is InChI=1S/C22H22N6O2/c1-12(2)21-26-19(27-30-21)15-4-6-16-14(8-15)5-7-17(16)25-20(29)18-10-24-22-23-9-13(3)11-28(18)22/h4,6,8-12,17H,5,7H2,1-3H3,(H,25,29)/t17-/m1/s1. The van der Waals surface area contributed by atoms with Crippen molar-refractivity contribution >= 4 is 11.7 Å². The predicted molar refractivity (Wildman–Crippen MR) is 110 cm³/mol. The van der Waals surface area contributed by atoms with E-state index >= 15 is 0 Å². The first-order valence-corrected chi connectivity index (χ1v) is 10.1. The van der Waals surface area contributed by atoms with Crippen molar-refractivity contribution in [3.05, 3.63) is 65.1 Å². The van der Waals surface area contributed by atoms with Gasteiger partial charge < -0.3 is 9.84 Å². The highest BCUT2D eigenvalue weighted by molar-refractivity contribution is 5.93. The van der Waals surface area contributed by atoms with Crippen LogP contribution in [-0.4, -0.2) is 30.4 Å². The van der Waals surface area contributed by atoms with Gasteiger partial charge in [-0.15, -0.1) is 0 Å². The van der Waals surface area contributed by atoms with Crippen LogP contribution >= 0.6 is 0 Å². The van der Waals surface area contributed by atoms with E-state index in [-0.39, 0.29) is 17.9 Å². The van der Waals surface area contributed by atoms with Gasteiger partial charge in [-0.3, -0.25) is 9.20 Å². The molecule has 0 saturated carbocycles. The lowest BCUT2D eigenvalue weighted by Crippen LogP contribution is -2.28. The van der Waals surface area contributed by atoms with Gasteiger partial charge in [-0.1, -0.05) is 31.1 Å². The Labute approximate surface area is 173 Å². The molecular weight excluding hydrogens is 380 g/mol. The van der Waals surface area contributed by atoms with Crippen LogP contribution in [0, 0.1) is 6.92 Å². The lowest BCUT2D eigenvalue weighted by atomic mass is 10.0. The van der Waals surface area contributed by atoms with Crippen molar-refractivity contribution in [2.24, 2.45) is 0 Å². The zero-order valence-corrected chi connectivity index (χ0v) is 17.1. The molecule has 1 N–H and O–H groups in total. The van der Waals surface area contributed by atoms with E-state index in [0.717, 1.165) is 29.5 Å². The molecule has 0 radical (unpaired) electrons. The van der Waals surface area contributed by atoms with Crippen molar-refractivity contribution in [2.75, 3.05) is 0 Å². The summed E-state index contributed by atoms with van der Waals surface area (Å²) >= 11 is 0. The highest BCUT2D eigenvalue weighted by Crippen LogP contribution is 2.34. The Morgan fingerprint density at radius 1 is 1.27 bits per heavy atom. The van der Waals surface area contributed by atoms with Crippen LogP contribution in [-0.2, 0) is 6.42 Å². The number of aryl methyl sites for hydroxylation is 2. The molecule has 1 aromatic carbocycles. The van der Waals surface area contributed by atoms with Crippen LogP contribution < -0.4 is 5.32 Å². The second-order valence-electron chi connectivity index (χ2n) is 8.03. The minimum atomic E-state index is -0.156. The second kappa shape index (κ2) is 7.05. The molecule has 152 valence electrons. The molecule has 0 spiro atoms. The molecular formula is C22H22N6O2. The minimum absolute atomic E-state index is 0.0404. The molecule has 4 aromatic rings. The van der Waals surface area contributed by atoms with Gasteiger partial charge in [-0.05, 0) is 42.5 Å². The molecule has 3 aromatic heterocycles. The molecule has 1 amide bonds. The molecule has 3 heterocycles. The first-order valence-electron chi connectivity index (χ1n) is 10.1. The van der Waals surface area contributed by atoms with Crippen molar-refractivity contribution < 1.29 is 9.32 Å². The Morgan fingerprint density at radius 2 is 2.10 bits per heavy atom. The van der Waals surface area contributed by atoms with Gasteiger partial charge in [0.25, 0.3) is 5.91 Å². The fourth-order valence-corrected chi connectivity index (χ4v) is 3.86. The minimum Gasteiger partial charge on any atom is -0.344 e. The molecule has 1 atom stereocenters. The second-order valence-corrected chi connectivity index (χ2v) is 8.03. The van der Waals surface area contributed by atoms with E-state index in [9.17, 15) is 4.79 Å². The fourth-order valence-electron chi connectivity index (χ4n) is 3.86. The van der Waals surface area contributed by atoms with Gasteiger partial charge in [-0.25, -0.2) is 9.97 Å². The van der Waals surface area contributed by atoms with E-state index in [1.165, 1.54) is 5.56 Å². The SMILES string of the molecule is Cc1cnc2ncc(C(=O)N[C@@H]3CCc4cc(-c5noc(C(C)C)n5)ccc43)n2c1. The number of benzene rings is 1. The maximum Gasteiger partial charge on any atom is 0.270 e. The summed E-state index contributed by atoms with van der Waals surface area (Å²) in [6.45, 7) is 5.98.